The largest absolute Gasteiger partial charge is 0.379 e. The molecule has 0 aromatic carbocycles. The third kappa shape index (κ3) is 2.55. The summed E-state index contributed by atoms with van der Waals surface area (Å²) in [6.07, 6.45) is 0. The van der Waals surface area contributed by atoms with Gasteiger partial charge in [0.2, 0.25) is 11.5 Å². The second-order valence-corrected chi connectivity index (χ2v) is 3.32. The monoisotopic (exact) mass is 246 g/mol. The Morgan fingerprint density at radius 2 is 2.38 bits per heavy atom. The minimum Gasteiger partial charge on any atom is -0.379 e. The Morgan fingerprint density at radius 1 is 1.69 bits per heavy atom. The van der Waals surface area contributed by atoms with Gasteiger partial charge >= 0.3 is 0 Å². The molecule has 1 aromatic rings. The molecule has 0 aliphatic rings. The molecule has 1 aromatic heterocycles. The van der Waals surface area contributed by atoms with Crippen LogP contribution in [0.5, 0.6) is 0 Å². The maximum absolute atomic E-state index is 11.2. The van der Waals surface area contributed by atoms with Gasteiger partial charge in [-0.15, -0.1) is 0 Å². The topological polar surface area (TPSA) is 94.0 Å². The van der Waals surface area contributed by atoms with E-state index in [2.05, 4.69) is 42.8 Å². The van der Waals surface area contributed by atoms with Crippen molar-refractivity contribution in [2.45, 2.75) is 0 Å². The van der Waals surface area contributed by atoms with E-state index in [0.29, 0.717) is 11.0 Å². The van der Waals surface area contributed by atoms with E-state index in [-0.39, 0.29) is 11.5 Å². The lowest BCUT2D eigenvalue weighted by molar-refractivity contribution is 0.0948. The number of amides is 1. The lowest BCUT2D eigenvalue weighted by Gasteiger charge is -1.99. The summed E-state index contributed by atoms with van der Waals surface area (Å²) in [6.45, 7) is 3.84. The van der Waals surface area contributed by atoms with Crippen LogP contribution < -0.4 is 11.1 Å². The van der Waals surface area contributed by atoms with Crippen LogP contribution in [-0.2, 0) is 0 Å². The molecule has 0 aliphatic carbocycles. The van der Waals surface area contributed by atoms with Crippen LogP contribution in [0.25, 0.3) is 0 Å². The van der Waals surface area contributed by atoms with E-state index in [1.807, 2.05) is 0 Å². The Bertz CT molecular complexity index is 335. The van der Waals surface area contributed by atoms with Crippen LogP contribution in [0.3, 0.4) is 0 Å². The number of hydrogen-bond acceptors (Lipinski definition) is 5. The molecule has 1 amide bonds. The zero-order valence-corrected chi connectivity index (χ0v) is 8.17. The van der Waals surface area contributed by atoms with Crippen LogP contribution in [0.4, 0.5) is 5.82 Å². The van der Waals surface area contributed by atoms with Crippen LogP contribution in [0, 0.1) is 0 Å². The van der Waals surface area contributed by atoms with Gasteiger partial charge in [-0.1, -0.05) is 22.5 Å². The molecule has 0 atom stereocenters. The number of rotatable bonds is 3. The fourth-order valence-electron chi connectivity index (χ4n) is 0.613. The highest BCUT2D eigenvalue weighted by atomic mass is 79.9. The number of nitrogens with one attached hydrogen (secondary N) is 1. The Hall–Kier alpha value is -1.37. The van der Waals surface area contributed by atoms with Crippen molar-refractivity contribution in [3.8, 4) is 0 Å². The van der Waals surface area contributed by atoms with Crippen LogP contribution in [0.2, 0.25) is 0 Å². The summed E-state index contributed by atoms with van der Waals surface area (Å²) in [7, 11) is 0. The minimum atomic E-state index is -0.445. The highest BCUT2D eigenvalue weighted by molar-refractivity contribution is 9.11. The molecular weight excluding hydrogens is 240 g/mol. The average molecular weight is 247 g/mol. The first-order chi connectivity index (χ1) is 6.11. The number of carbonyl (C=O) groups excluding carboxylic acids is 1. The lowest BCUT2D eigenvalue weighted by atomic mass is 10.4. The van der Waals surface area contributed by atoms with Gasteiger partial charge in [-0.25, -0.2) is 4.63 Å². The normalized spacial score (nSPS) is 9.62. The second kappa shape index (κ2) is 4.04. The predicted octanol–water partition coefficient (Wildman–Crippen LogP) is 0.290. The number of aromatic nitrogens is 2. The van der Waals surface area contributed by atoms with E-state index in [0.717, 1.165) is 0 Å². The Kier molecular flexibility index (Phi) is 3.02. The van der Waals surface area contributed by atoms with Gasteiger partial charge in [0, 0.05) is 11.0 Å². The van der Waals surface area contributed by atoms with Gasteiger partial charge in [0.15, 0.2) is 0 Å². The SMILES string of the molecule is C=C(Br)CNC(=O)c1nonc1N. The molecule has 0 saturated heterocycles. The third-order valence-electron chi connectivity index (χ3n) is 1.17. The van der Waals surface area contributed by atoms with E-state index in [1.165, 1.54) is 0 Å². The molecule has 1 heterocycles. The van der Waals surface area contributed by atoms with Crippen molar-refractivity contribution in [2.24, 2.45) is 0 Å². The minimum absolute atomic E-state index is 0.0197. The Labute approximate surface area is 82.3 Å². The molecule has 0 unspecified atom stereocenters. The molecule has 0 saturated carbocycles. The predicted molar refractivity (Wildman–Crippen MR) is 49.1 cm³/mol. The Morgan fingerprint density at radius 3 is 2.85 bits per heavy atom. The first-order valence-electron chi connectivity index (χ1n) is 3.30. The maximum Gasteiger partial charge on any atom is 0.277 e. The van der Waals surface area contributed by atoms with Gasteiger partial charge in [0.25, 0.3) is 5.91 Å². The molecule has 0 bridgehead atoms. The fraction of sp³-hybridized carbons (Fsp3) is 0.167. The molecule has 1 rings (SSSR count). The van der Waals surface area contributed by atoms with E-state index < -0.39 is 5.91 Å². The summed E-state index contributed by atoms with van der Waals surface area (Å²) in [5, 5.41) is 9.08. The molecule has 70 valence electrons. The summed E-state index contributed by atoms with van der Waals surface area (Å²) in [5.41, 5.74) is 5.27. The number of nitrogens with two attached hydrogens (primary N) is 1. The highest BCUT2D eigenvalue weighted by Crippen LogP contribution is 2.04. The van der Waals surface area contributed by atoms with Crippen LogP contribution in [-0.4, -0.2) is 22.8 Å². The van der Waals surface area contributed by atoms with Crippen molar-refractivity contribution in [1.82, 2.24) is 15.6 Å². The summed E-state index contributed by atoms with van der Waals surface area (Å²) in [5.74, 6) is -0.475. The van der Waals surface area contributed by atoms with Gasteiger partial charge in [-0.2, -0.15) is 0 Å². The zero-order valence-electron chi connectivity index (χ0n) is 6.58. The second-order valence-electron chi connectivity index (χ2n) is 2.20. The van der Waals surface area contributed by atoms with Crippen molar-refractivity contribution < 1.29 is 9.42 Å². The standard InChI is InChI=1S/C6H7BrN4O2/c1-3(7)2-9-6(12)4-5(8)11-13-10-4/h1-2H2,(H2,8,11)(H,9,12). The molecule has 0 spiro atoms. The number of halogens is 1. The van der Waals surface area contributed by atoms with Crippen molar-refractivity contribution in [3.63, 3.8) is 0 Å². The van der Waals surface area contributed by atoms with Gasteiger partial charge in [-0.05, 0) is 10.3 Å². The molecular formula is C6H7BrN4O2. The van der Waals surface area contributed by atoms with Gasteiger partial charge in [-0.3, -0.25) is 4.79 Å². The summed E-state index contributed by atoms with van der Waals surface area (Å²) in [6, 6.07) is 0. The van der Waals surface area contributed by atoms with Gasteiger partial charge in [0.1, 0.15) is 0 Å². The Balaban J connectivity index is 2.59. The number of nitrogens with zero attached hydrogens (tertiary/aromatic N) is 2. The fourth-order valence-corrected chi connectivity index (χ4v) is 0.753. The molecule has 7 heteroatoms. The molecule has 13 heavy (non-hydrogen) atoms. The number of anilines is 1. The van der Waals surface area contributed by atoms with E-state index >= 15 is 0 Å². The number of nitrogen functional groups attached to an aromatic ring is 1. The average Bonchev–Trinajstić information content (AvgIpc) is 2.47. The summed E-state index contributed by atoms with van der Waals surface area (Å²) < 4.78 is 4.90. The summed E-state index contributed by atoms with van der Waals surface area (Å²) >= 11 is 3.08. The van der Waals surface area contributed by atoms with E-state index in [9.17, 15) is 4.79 Å². The number of carbonyl (C=O) groups is 1. The first-order valence-corrected chi connectivity index (χ1v) is 4.10. The molecule has 0 radical (unpaired) electrons. The van der Waals surface area contributed by atoms with Crippen molar-refractivity contribution in [1.29, 1.82) is 0 Å². The molecule has 0 fully saturated rings. The van der Waals surface area contributed by atoms with Crippen LogP contribution in [0.1, 0.15) is 10.5 Å². The molecule has 3 N–H and O–H groups in total. The van der Waals surface area contributed by atoms with Crippen molar-refractivity contribution >= 4 is 27.7 Å². The maximum atomic E-state index is 11.2. The molecule has 6 nitrogen and oxygen atoms in total. The lowest BCUT2D eigenvalue weighted by Crippen LogP contribution is -2.25. The van der Waals surface area contributed by atoms with E-state index in [1.54, 1.807) is 0 Å². The van der Waals surface area contributed by atoms with Gasteiger partial charge < -0.3 is 11.1 Å². The van der Waals surface area contributed by atoms with Crippen LogP contribution >= 0.6 is 15.9 Å². The third-order valence-corrected chi connectivity index (χ3v) is 1.45. The van der Waals surface area contributed by atoms with Crippen molar-refractivity contribution in [2.75, 3.05) is 12.3 Å². The van der Waals surface area contributed by atoms with Crippen LogP contribution in [0.15, 0.2) is 15.7 Å². The smallest absolute Gasteiger partial charge is 0.277 e. The zero-order chi connectivity index (χ0) is 9.84. The van der Waals surface area contributed by atoms with Gasteiger partial charge in [0.05, 0.1) is 0 Å². The highest BCUT2D eigenvalue weighted by Gasteiger charge is 2.14. The molecule has 0 aliphatic heterocycles. The number of hydrogen-bond donors (Lipinski definition) is 2. The quantitative estimate of drug-likeness (QED) is 0.800. The van der Waals surface area contributed by atoms with Crippen molar-refractivity contribution in [3.05, 3.63) is 16.8 Å². The first kappa shape index (κ1) is 9.72. The van der Waals surface area contributed by atoms with E-state index in [4.69, 9.17) is 5.73 Å². The summed E-state index contributed by atoms with van der Waals surface area (Å²) in [4.78, 5) is 11.2.